The van der Waals surface area contributed by atoms with Crippen molar-refractivity contribution in [2.45, 2.75) is 4.90 Å². The minimum atomic E-state index is -4.06. The number of hydrogen-bond donors (Lipinski definition) is 3. The summed E-state index contributed by atoms with van der Waals surface area (Å²) in [6.45, 7) is 0. The van der Waals surface area contributed by atoms with Crippen LogP contribution in [0.25, 0.3) is 10.4 Å². The molecule has 0 bridgehead atoms. The van der Waals surface area contributed by atoms with Gasteiger partial charge >= 0.3 is 0 Å². The van der Waals surface area contributed by atoms with E-state index in [1.807, 2.05) is 29.6 Å². The van der Waals surface area contributed by atoms with E-state index in [-0.39, 0.29) is 27.9 Å². The van der Waals surface area contributed by atoms with Crippen LogP contribution in [0.1, 0.15) is 10.4 Å². The van der Waals surface area contributed by atoms with Gasteiger partial charge in [0.25, 0.3) is 15.9 Å². The Morgan fingerprint density at radius 3 is 2.31 bits per heavy atom. The second-order valence-corrected chi connectivity index (χ2v) is 9.43. The highest BCUT2D eigenvalue weighted by molar-refractivity contribution is 7.92. The van der Waals surface area contributed by atoms with Gasteiger partial charge in [-0.05, 0) is 71.6 Å². The quantitative estimate of drug-likeness (QED) is 0.264. The summed E-state index contributed by atoms with van der Waals surface area (Å²) < 4.78 is 40.4. The second-order valence-electron chi connectivity index (χ2n) is 6.80. The molecule has 0 radical (unpaired) electrons. The normalized spacial score (nSPS) is 11.2. The fourth-order valence-corrected chi connectivity index (χ4v) is 4.74. The third-order valence-electron chi connectivity index (χ3n) is 4.58. The number of halogens is 1. The molecule has 0 unspecified atom stereocenters. The van der Waals surface area contributed by atoms with E-state index < -0.39 is 15.8 Å². The SMILES string of the molecule is O=C(Nc1ccc(O)c(NS(=O)(=O)c2ccc(F)cc2)c1)c1ccc(-c2cccs2)cc1. The van der Waals surface area contributed by atoms with Crippen molar-refractivity contribution in [3.8, 4) is 16.2 Å². The van der Waals surface area contributed by atoms with Crippen LogP contribution in [-0.2, 0) is 10.0 Å². The molecule has 4 rings (SSSR count). The van der Waals surface area contributed by atoms with Gasteiger partial charge in [-0.25, -0.2) is 12.8 Å². The van der Waals surface area contributed by atoms with Gasteiger partial charge in [-0.2, -0.15) is 0 Å². The van der Waals surface area contributed by atoms with Gasteiger partial charge in [0.05, 0.1) is 10.6 Å². The van der Waals surface area contributed by atoms with Crippen molar-refractivity contribution in [2.75, 3.05) is 10.0 Å². The van der Waals surface area contributed by atoms with Crippen LogP contribution >= 0.6 is 11.3 Å². The number of thiophene rings is 1. The molecule has 6 nitrogen and oxygen atoms in total. The Balaban J connectivity index is 1.51. The molecule has 0 aliphatic heterocycles. The van der Waals surface area contributed by atoms with Crippen LogP contribution in [0.4, 0.5) is 15.8 Å². The van der Waals surface area contributed by atoms with Gasteiger partial charge in [-0.1, -0.05) is 18.2 Å². The Bertz CT molecular complexity index is 1350. The molecule has 0 saturated heterocycles. The number of nitrogens with one attached hydrogen (secondary N) is 2. The molecule has 0 atom stereocenters. The predicted octanol–water partition coefficient (Wildman–Crippen LogP) is 5.31. The number of carbonyl (C=O) groups excluding carboxylic acids is 1. The molecule has 162 valence electrons. The van der Waals surface area contributed by atoms with E-state index in [4.69, 9.17) is 0 Å². The van der Waals surface area contributed by atoms with Gasteiger partial charge in [0.2, 0.25) is 0 Å². The molecule has 9 heteroatoms. The summed E-state index contributed by atoms with van der Waals surface area (Å²) >= 11 is 1.60. The lowest BCUT2D eigenvalue weighted by Crippen LogP contribution is -2.14. The Hall–Kier alpha value is -3.69. The smallest absolute Gasteiger partial charge is 0.262 e. The van der Waals surface area contributed by atoms with E-state index in [9.17, 15) is 22.7 Å². The first-order valence-electron chi connectivity index (χ1n) is 9.38. The molecule has 0 aliphatic carbocycles. The standard InChI is InChI=1S/C23H17FN2O4S2/c24-17-7-10-19(11-8-17)32(29,30)26-20-14-18(9-12-21(20)27)25-23(28)16-5-3-15(4-6-16)22-2-1-13-31-22/h1-14,26-27H,(H,25,28). The molecule has 1 aromatic heterocycles. The highest BCUT2D eigenvalue weighted by Gasteiger charge is 2.17. The average Bonchev–Trinajstić information content (AvgIpc) is 3.31. The van der Waals surface area contributed by atoms with Crippen molar-refractivity contribution in [3.63, 3.8) is 0 Å². The minimum absolute atomic E-state index is 0.125. The van der Waals surface area contributed by atoms with Crippen LogP contribution in [-0.4, -0.2) is 19.4 Å². The topological polar surface area (TPSA) is 95.5 Å². The summed E-state index contributed by atoms with van der Waals surface area (Å²) in [7, 11) is -4.06. The first kappa shape index (κ1) is 21.5. The predicted molar refractivity (Wildman–Crippen MR) is 123 cm³/mol. The number of benzene rings is 3. The fraction of sp³-hybridized carbons (Fsp3) is 0. The van der Waals surface area contributed by atoms with Gasteiger partial charge in [0, 0.05) is 16.1 Å². The molecule has 0 spiro atoms. The maximum absolute atomic E-state index is 13.1. The number of phenols is 1. The third-order valence-corrected chi connectivity index (χ3v) is 6.88. The summed E-state index contributed by atoms with van der Waals surface area (Å²) in [5.74, 6) is -1.28. The molecular formula is C23H17FN2O4S2. The third kappa shape index (κ3) is 4.79. The summed E-state index contributed by atoms with van der Waals surface area (Å²) in [4.78, 5) is 13.5. The second kappa shape index (κ2) is 8.81. The van der Waals surface area contributed by atoms with Gasteiger partial charge in [0.1, 0.15) is 11.6 Å². The first-order chi connectivity index (χ1) is 15.3. The molecule has 3 aromatic carbocycles. The van der Waals surface area contributed by atoms with E-state index in [0.717, 1.165) is 34.7 Å². The van der Waals surface area contributed by atoms with Crippen LogP contribution in [0.3, 0.4) is 0 Å². The van der Waals surface area contributed by atoms with E-state index in [0.29, 0.717) is 5.56 Å². The van der Waals surface area contributed by atoms with Crippen molar-refractivity contribution in [2.24, 2.45) is 0 Å². The zero-order chi connectivity index (χ0) is 22.7. The van der Waals surface area contributed by atoms with Crippen LogP contribution < -0.4 is 10.0 Å². The zero-order valence-electron chi connectivity index (χ0n) is 16.4. The van der Waals surface area contributed by atoms with Crippen LogP contribution in [0.15, 0.2) is 89.1 Å². The molecule has 0 aliphatic rings. The largest absolute Gasteiger partial charge is 0.506 e. The van der Waals surface area contributed by atoms with Crippen LogP contribution in [0.5, 0.6) is 5.75 Å². The highest BCUT2D eigenvalue weighted by atomic mass is 32.2. The van der Waals surface area contributed by atoms with Gasteiger partial charge < -0.3 is 10.4 Å². The molecular weight excluding hydrogens is 451 g/mol. The van der Waals surface area contributed by atoms with Crippen molar-refractivity contribution in [3.05, 3.63) is 95.6 Å². The number of anilines is 2. The van der Waals surface area contributed by atoms with E-state index in [2.05, 4.69) is 10.0 Å². The lowest BCUT2D eigenvalue weighted by Gasteiger charge is -2.12. The Morgan fingerprint density at radius 2 is 1.66 bits per heavy atom. The molecule has 1 amide bonds. The summed E-state index contributed by atoms with van der Waals surface area (Å²) in [5.41, 5.74) is 1.58. The Kier molecular flexibility index (Phi) is 5.93. The van der Waals surface area contributed by atoms with E-state index in [1.54, 1.807) is 23.5 Å². The molecule has 32 heavy (non-hydrogen) atoms. The molecule has 4 aromatic rings. The maximum atomic E-state index is 13.1. The Morgan fingerprint density at radius 1 is 0.938 bits per heavy atom. The van der Waals surface area contributed by atoms with Crippen molar-refractivity contribution < 1.29 is 22.7 Å². The average molecular weight is 469 g/mol. The zero-order valence-corrected chi connectivity index (χ0v) is 18.1. The number of phenolic OH excluding ortho intramolecular Hbond substituents is 1. The molecule has 0 fully saturated rings. The van der Waals surface area contributed by atoms with Crippen LogP contribution in [0, 0.1) is 5.82 Å². The fourth-order valence-electron chi connectivity index (χ4n) is 2.94. The maximum Gasteiger partial charge on any atom is 0.262 e. The lowest BCUT2D eigenvalue weighted by molar-refractivity contribution is 0.102. The van der Waals surface area contributed by atoms with Crippen molar-refractivity contribution in [1.29, 1.82) is 0 Å². The highest BCUT2D eigenvalue weighted by Crippen LogP contribution is 2.30. The Labute approximate surface area is 188 Å². The van der Waals surface area contributed by atoms with Crippen molar-refractivity contribution in [1.82, 2.24) is 0 Å². The number of carbonyl (C=O) groups is 1. The molecule has 1 heterocycles. The van der Waals surface area contributed by atoms with Gasteiger partial charge in [-0.3, -0.25) is 9.52 Å². The van der Waals surface area contributed by atoms with E-state index in [1.165, 1.54) is 18.2 Å². The minimum Gasteiger partial charge on any atom is -0.506 e. The summed E-state index contributed by atoms with van der Waals surface area (Å²) in [5, 5.41) is 14.7. The van der Waals surface area contributed by atoms with Gasteiger partial charge in [-0.15, -0.1) is 11.3 Å². The summed E-state index contributed by atoms with van der Waals surface area (Å²) in [6, 6.07) is 19.3. The monoisotopic (exact) mass is 468 g/mol. The number of sulfonamides is 1. The number of rotatable bonds is 6. The van der Waals surface area contributed by atoms with Crippen molar-refractivity contribution >= 4 is 38.6 Å². The van der Waals surface area contributed by atoms with Crippen LogP contribution in [0.2, 0.25) is 0 Å². The lowest BCUT2D eigenvalue weighted by atomic mass is 10.1. The summed E-state index contributed by atoms with van der Waals surface area (Å²) in [6.07, 6.45) is 0. The van der Waals surface area contributed by atoms with Gasteiger partial charge in [0.15, 0.2) is 0 Å². The number of amides is 1. The molecule has 3 N–H and O–H groups in total. The first-order valence-corrected chi connectivity index (χ1v) is 11.7. The molecule has 0 saturated carbocycles. The number of aromatic hydroxyl groups is 1. The van der Waals surface area contributed by atoms with E-state index >= 15 is 0 Å². The number of hydrogen-bond acceptors (Lipinski definition) is 5.